The minimum atomic E-state index is -0.543. The topological polar surface area (TPSA) is 68.9 Å². The molecule has 0 spiro atoms. The standard InChI is InChI=1S/C15H19ClN4O2/c1-10(2)20-14(21)18-13(19(3)15(20)22)17-9-8-11-6-4-5-7-12(11)16/h4-7,10H,8-9H2,1-3H3,(H,17,18,21). The number of aromatic nitrogens is 3. The predicted molar refractivity (Wildman–Crippen MR) is 87.8 cm³/mol. The SMILES string of the molecule is CC(C)n1c(=O)nc(NCCc2ccccc2Cl)n(C)c1=O. The van der Waals surface area contributed by atoms with Crippen LogP contribution in [0.15, 0.2) is 33.9 Å². The number of benzene rings is 1. The molecule has 0 atom stereocenters. The van der Waals surface area contributed by atoms with Crippen LogP contribution in [0, 0.1) is 0 Å². The maximum atomic E-state index is 12.2. The van der Waals surface area contributed by atoms with Crippen molar-refractivity contribution in [2.24, 2.45) is 7.05 Å². The molecule has 1 aromatic heterocycles. The van der Waals surface area contributed by atoms with Crippen LogP contribution in [0.2, 0.25) is 5.02 Å². The largest absolute Gasteiger partial charge is 0.355 e. The molecule has 1 N–H and O–H groups in total. The fourth-order valence-electron chi connectivity index (χ4n) is 2.16. The van der Waals surface area contributed by atoms with E-state index in [1.165, 1.54) is 4.57 Å². The summed E-state index contributed by atoms with van der Waals surface area (Å²) >= 11 is 6.09. The highest BCUT2D eigenvalue weighted by Gasteiger charge is 2.12. The highest BCUT2D eigenvalue weighted by Crippen LogP contribution is 2.15. The van der Waals surface area contributed by atoms with E-state index < -0.39 is 5.69 Å². The van der Waals surface area contributed by atoms with E-state index in [4.69, 9.17) is 11.6 Å². The van der Waals surface area contributed by atoms with Gasteiger partial charge in [0.25, 0.3) is 0 Å². The van der Waals surface area contributed by atoms with Gasteiger partial charge in [0.2, 0.25) is 5.95 Å². The monoisotopic (exact) mass is 322 g/mol. The van der Waals surface area contributed by atoms with E-state index >= 15 is 0 Å². The second-order valence-corrected chi connectivity index (χ2v) is 5.70. The first-order valence-corrected chi connectivity index (χ1v) is 7.46. The molecular formula is C15H19ClN4O2. The first kappa shape index (κ1) is 16.3. The molecule has 0 aliphatic carbocycles. The van der Waals surface area contributed by atoms with Crippen molar-refractivity contribution < 1.29 is 0 Å². The van der Waals surface area contributed by atoms with Gasteiger partial charge >= 0.3 is 11.4 Å². The number of nitrogens with one attached hydrogen (secondary N) is 1. The Balaban J connectivity index is 2.16. The van der Waals surface area contributed by atoms with Crippen molar-refractivity contribution in [1.82, 2.24) is 14.1 Å². The van der Waals surface area contributed by atoms with Crippen LogP contribution in [0.1, 0.15) is 25.5 Å². The lowest BCUT2D eigenvalue weighted by Gasteiger charge is -2.14. The van der Waals surface area contributed by atoms with Crippen LogP contribution in [0.5, 0.6) is 0 Å². The van der Waals surface area contributed by atoms with Crippen LogP contribution in [0.4, 0.5) is 5.95 Å². The molecule has 0 radical (unpaired) electrons. The fourth-order valence-corrected chi connectivity index (χ4v) is 2.39. The molecule has 0 aliphatic heterocycles. The number of halogens is 1. The quantitative estimate of drug-likeness (QED) is 0.912. The number of hydrogen-bond donors (Lipinski definition) is 1. The Labute approximate surface area is 133 Å². The Morgan fingerprint density at radius 2 is 1.95 bits per heavy atom. The van der Waals surface area contributed by atoms with Crippen molar-refractivity contribution in [1.29, 1.82) is 0 Å². The highest BCUT2D eigenvalue weighted by atomic mass is 35.5. The van der Waals surface area contributed by atoms with Crippen LogP contribution < -0.4 is 16.7 Å². The van der Waals surface area contributed by atoms with E-state index in [0.717, 1.165) is 10.1 Å². The Bertz CT molecular complexity index is 780. The molecule has 0 fully saturated rings. The molecule has 0 amide bonds. The lowest BCUT2D eigenvalue weighted by molar-refractivity contribution is 0.505. The summed E-state index contributed by atoms with van der Waals surface area (Å²) in [6.07, 6.45) is 0.669. The third-order valence-corrected chi connectivity index (χ3v) is 3.74. The van der Waals surface area contributed by atoms with Crippen LogP contribution in [0.25, 0.3) is 0 Å². The van der Waals surface area contributed by atoms with E-state index in [2.05, 4.69) is 10.3 Å². The van der Waals surface area contributed by atoms with Gasteiger partial charge in [-0.3, -0.25) is 4.57 Å². The highest BCUT2D eigenvalue weighted by molar-refractivity contribution is 6.31. The molecule has 1 heterocycles. The summed E-state index contributed by atoms with van der Waals surface area (Å²) in [4.78, 5) is 28.0. The van der Waals surface area contributed by atoms with E-state index in [0.29, 0.717) is 18.0 Å². The van der Waals surface area contributed by atoms with Gasteiger partial charge in [-0.1, -0.05) is 29.8 Å². The lowest BCUT2D eigenvalue weighted by Crippen LogP contribution is -2.42. The van der Waals surface area contributed by atoms with Crippen molar-refractivity contribution in [3.63, 3.8) is 0 Å². The third kappa shape index (κ3) is 3.39. The maximum Gasteiger partial charge on any atom is 0.355 e. The Kier molecular flexibility index (Phi) is 5.03. The first-order chi connectivity index (χ1) is 10.4. The predicted octanol–water partition coefficient (Wildman–Crippen LogP) is 1.83. The first-order valence-electron chi connectivity index (χ1n) is 7.08. The van der Waals surface area contributed by atoms with Crippen LogP contribution >= 0.6 is 11.6 Å². The van der Waals surface area contributed by atoms with Gasteiger partial charge in [0.05, 0.1) is 0 Å². The second kappa shape index (κ2) is 6.79. The minimum Gasteiger partial charge on any atom is -0.355 e. The van der Waals surface area contributed by atoms with Gasteiger partial charge in [0, 0.05) is 24.7 Å². The summed E-state index contributed by atoms with van der Waals surface area (Å²) in [7, 11) is 1.59. The van der Waals surface area contributed by atoms with Crippen molar-refractivity contribution in [2.45, 2.75) is 26.3 Å². The van der Waals surface area contributed by atoms with Crippen molar-refractivity contribution >= 4 is 17.5 Å². The number of nitrogens with zero attached hydrogens (tertiary/aromatic N) is 3. The summed E-state index contributed by atoms with van der Waals surface area (Å²) in [5, 5.41) is 3.71. The zero-order chi connectivity index (χ0) is 16.3. The van der Waals surface area contributed by atoms with E-state index in [1.807, 2.05) is 24.3 Å². The van der Waals surface area contributed by atoms with E-state index in [-0.39, 0.29) is 17.7 Å². The molecule has 22 heavy (non-hydrogen) atoms. The molecule has 1 aromatic carbocycles. The van der Waals surface area contributed by atoms with Gasteiger partial charge < -0.3 is 5.32 Å². The molecule has 118 valence electrons. The molecule has 0 aliphatic rings. The van der Waals surface area contributed by atoms with Crippen molar-refractivity contribution in [3.8, 4) is 0 Å². The Morgan fingerprint density at radius 3 is 2.59 bits per heavy atom. The molecule has 2 rings (SSSR count). The van der Waals surface area contributed by atoms with Gasteiger partial charge in [-0.15, -0.1) is 0 Å². The molecule has 2 aromatic rings. The number of anilines is 1. The van der Waals surface area contributed by atoms with Crippen LogP contribution in [0.3, 0.4) is 0 Å². The molecule has 6 nitrogen and oxygen atoms in total. The van der Waals surface area contributed by atoms with E-state index in [9.17, 15) is 9.59 Å². The normalized spacial score (nSPS) is 11.0. The van der Waals surface area contributed by atoms with Gasteiger partial charge in [-0.25, -0.2) is 14.2 Å². The fraction of sp³-hybridized carbons (Fsp3) is 0.400. The lowest BCUT2D eigenvalue weighted by atomic mass is 10.1. The number of rotatable bonds is 5. The summed E-state index contributed by atoms with van der Waals surface area (Å²) in [6, 6.07) is 7.33. The molecule has 0 saturated heterocycles. The van der Waals surface area contributed by atoms with Gasteiger partial charge in [0.15, 0.2) is 0 Å². The maximum absolute atomic E-state index is 12.2. The minimum absolute atomic E-state index is 0.226. The van der Waals surface area contributed by atoms with Gasteiger partial charge in [-0.2, -0.15) is 4.98 Å². The molecular weight excluding hydrogens is 304 g/mol. The van der Waals surface area contributed by atoms with E-state index in [1.54, 1.807) is 20.9 Å². The number of hydrogen-bond acceptors (Lipinski definition) is 4. The summed E-state index contributed by atoms with van der Waals surface area (Å²) in [5.74, 6) is 0.263. The average molecular weight is 323 g/mol. The zero-order valence-corrected chi connectivity index (χ0v) is 13.6. The molecule has 7 heteroatoms. The van der Waals surface area contributed by atoms with Gasteiger partial charge in [0.1, 0.15) is 0 Å². The molecule has 0 unspecified atom stereocenters. The van der Waals surface area contributed by atoms with Crippen molar-refractivity contribution in [2.75, 3.05) is 11.9 Å². The zero-order valence-electron chi connectivity index (χ0n) is 12.8. The van der Waals surface area contributed by atoms with Crippen molar-refractivity contribution in [3.05, 3.63) is 55.8 Å². The second-order valence-electron chi connectivity index (χ2n) is 5.29. The van der Waals surface area contributed by atoms with Gasteiger partial charge in [-0.05, 0) is 31.9 Å². The Morgan fingerprint density at radius 1 is 1.27 bits per heavy atom. The smallest absolute Gasteiger partial charge is 0.355 e. The van der Waals surface area contributed by atoms with Crippen LogP contribution in [-0.2, 0) is 13.5 Å². The third-order valence-electron chi connectivity index (χ3n) is 3.37. The molecule has 0 bridgehead atoms. The summed E-state index contributed by atoms with van der Waals surface area (Å²) in [6.45, 7) is 4.07. The average Bonchev–Trinajstić information content (AvgIpc) is 2.46. The molecule has 0 saturated carbocycles. The Hall–Kier alpha value is -2.08. The van der Waals surface area contributed by atoms with Crippen LogP contribution in [-0.4, -0.2) is 20.7 Å². The summed E-state index contributed by atoms with van der Waals surface area (Å²) in [5.41, 5.74) is 0.0748. The summed E-state index contributed by atoms with van der Waals surface area (Å²) < 4.78 is 2.47.